The average Bonchev–Trinajstić information content (AvgIpc) is 3.77. The van der Waals surface area contributed by atoms with E-state index in [4.69, 9.17) is 9.97 Å². The first-order valence-corrected chi connectivity index (χ1v) is 19.2. The van der Waals surface area contributed by atoms with E-state index in [-0.39, 0.29) is 0 Å². The van der Waals surface area contributed by atoms with Gasteiger partial charge in [-0.15, -0.1) is 0 Å². The van der Waals surface area contributed by atoms with E-state index in [1.807, 2.05) is 12.1 Å². The molecule has 0 radical (unpaired) electrons. The lowest BCUT2D eigenvalue weighted by Gasteiger charge is -2.40. The zero-order valence-electron chi connectivity index (χ0n) is 30.4. The Morgan fingerprint density at radius 2 is 0.893 bits per heavy atom. The van der Waals surface area contributed by atoms with Gasteiger partial charge < -0.3 is 4.57 Å². The number of hydrogen-bond donors (Lipinski definition) is 0. The van der Waals surface area contributed by atoms with Gasteiger partial charge in [0.2, 0.25) is 0 Å². The number of aromatic nitrogens is 3. The molecule has 2 aromatic heterocycles. The normalized spacial score (nSPS) is 13.1. The third-order valence-electron chi connectivity index (χ3n) is 12.0. The molecule has 8 aromatic carbocycles. The number of rotatable bonds is 4. The van der Waals surface area contributed by atoms with Crippen LogP contribution in [0.4, 0.5) is 0 Å². The summed E-state index contributed by atoms with van der Waals surface area (Å²) in [6.07, 6.45) is 0. The Morgan fingerprint density at radius 3 is 1.61 bits per heavy atom. The van der Waals surface area contributed by atoms with Gasteiger partial charge in [-0.05, 0) is 74.8 Å². The SMILES string of the molecule is c1ccc(-c2cc(-c3ccccc3)nc(-c3cccc(-c4ccc5c(c4)C4(c6ccccc6-c6ccccc64)c4cccc6c7ccccc7n-5c46)c3)n2)cc1. The predicted molar refractivity (Wildman–Crippen MR) is 229 cm³/mol. The molecule has 0 saturated carbocycles. The Hall–Kier alpha value is -7.36. The molecule has 0 fully saturated rings. The van der Waals surface area contributed by atoms with Crippen molar-refractivity contribution in [1.29, 1.82) is 0 Å². The van der Waals surface area contributed by atoms with Crippen molar-refractivity contribution in [1.82, 2.24) is 14.5 Å². The lowest BCUT2D eigenvalue weighted by molar-refractivity contribution is 0.749. The molecule has 0 bridgehead atoms. The minimum absolute atomic E-state index is 0.502. The van der Waals surface area contributed by atoms with Crippen LogP contribution in [0.3, 0.4) is 0 Å². The highest BCUT2D eigenvalue weighted by atomic mass is 15.0. The van der Waals surface area contributed by atoms with E-state index in [0.717, 1.165) is 39.2 Å². The van der Waals surface area contributed by atoms with Crippen LogP contribution in [0.1, 0.15) is 22.3 Å². The topological polar surface area (TPSA) is 30.7 Å². The molecule has 56 heavy (non-hydrogen) atoms. The quantitative estimate of drug-likeness (QED) is 0.182. The Labute approximate surface area is 324 Å². The summed E-state index contributed by atoms with van der Waals surface area (Å²) in [5.41, 5.74) is 18.3. The predicted octanol–water partition coefficient (Wildman–Crippen LogP) is 12.9. The summed E-state index contributed by atoms with van der Waals surface area (Å²) in [7, 11) is 0. The van der Waals surface area contributed by atoms with Crippen LogP contribution in [0, 0.1) is 0 Å². The van der Waals surface area contributed by atoms with Gasteiger partial charge in [-0.25, -0.2) is 9.97 Å². The second-order valence-electron chi connectivity index (χ2n) is 14.9. The summed E-state index contributed by atoms with van der Waals surface area (Å²) in [5, 5.41) is 2.56. The number of fused-ring (bicyclic) bond motifs is 12. The van der Waals surface area contributed by atoms with E-state index >= 15 is 0 Å². The second-order valence-corrected chi connectivity index (χ2v) is 14.9. The van der Waals surface area contributed by atoms with Crippen molar-refractivity contribution in [2.45, 2.75) is 5.41 Å². The van der Waals surface area contributed by atoms with Gasteiger partial charge >= 0.3 is 0 Å². The summed E-state index contributed by atoms with van der Waals surface area (Å²) in [6, 6.07) is 72.5. The van der Waals surface area contributed by atoms with Gasteiger partial charge in [0.15, 0.2) is 5.82 Å². The summed E-state index contributed by atoms with van der Waals surface area (Å²) in [4.78, 5) is 10.3. The molecule has 3 nitrogen and oxygen atoms in total. The smallest absolute Gasteiger partial charge is 0.160 e. The molecule has 0 saturated heterocycles. The van der Waals surface area contributed by atoms with Gasteiger partial charge in [0, 0.05) is 27.5 Å². The van der Waals surface area contributed by atoms with Crippen LogP contribution in [-0.4, -0.2) is 14.5 Å². The van der Waals surface area contributed by atoms with E-state index in [0.29, 0.717) is 5.82 Å². The highest BCUT2D eigenvalue weighted by molar-refractivity contribution is 6.13. The number of hydrogen-bond acceptors (Lipinski definition) is 2. The monoisotopic (exact) mass is 711 g/mol. The van der Waals surface area contributed by atoms with Gasteiger partial charge in [-0.1, -0.05) is 170 Å². The van der Waals surface area contributed by atoms with Gasteiger partial charge in [-0.3, -0.25) is 0 Å². The van der Waals surface area contributed by atoms with Crippen LogP contribution in [0.2, 0.25) is 0 Å². The standard InChI is InChI=1S/C53H33N3/c1-3-15-34(16-4-1)47-33-48(35-17-5-2-6-18-35)55-52(54-47)38-20-13-19-36(31-38)37-29-30-50-46(32-37)53(43-25-10-7-21-39(43)40-22-8-11-26-44(40)53)45-27-14-24-42-41-23-9-12-28-49(41)56(50)51(42)45/h1-33H. The van der Waals surface area contributed by atoms with Gasteiger partial charge in [0.1, 0.15) is 0 Å². The molecule has 3 heterocycles. The molecule has 0 amide bonds. The first-order valence-electron chi connectivity index (χ1n) is 19.2. The molecule has 0 N–H and O–H groups in total. The average molecular weight is 712 g/mol. The summed E-state index contributed by atoms with van der Waals surface area (Å²) in [5.74, 6) is 0.704. The molecule has 3 heteroatoms. The van der Waals surface area contributed by atoms with E-state index in [9.17, 15) is 0 Å². The van der Waals surface area contributed by atoms with Crippen molar-refractivity contribution in [3.63, 3.8) is 0 Å². The van der Waals surface area contributed by atoms with Crippen molar-refractivity contribution in [2.75, 3.05) is 0 Å². The van der Waals surface area contributed by atoms with Crippen molar-refractivity contribution >= 4 is 21.8 Å². The molecular weight excluding hydrogens is 679 g/mol. The number of benzene rings is 8. The van der Waals surface area contributed by atoms with Gasteiger partial charge in [-0.2, -0.15) is 0 Å². The minimum Gasteiger partial charge on any atom is -0.309 e. The number of para-hydroxylation sites is 2. The summed E-state index contributed by atoms with van der Waals surface area (Å²) >= 11 is 0. The molecule has 1 spiro atoms. The molecule has 0 atom stereocenters. The lowest BCUT2D eigenvalue weighted by atomic mass is 9.65. The Balaban J connectivity index is 1.11. The fraction of sp³-hybridized carbons (Fsp3) is 0.0189. The number of nitrogens with zero attached hydrogens (tertiary/aromatic N) is 3. The van der Waals surface area contributed by atoms with Crippen LogP contribution in [0.5, 0.6) is 0 Å². The third-order valence-corrected chi connectivity index (χ3v) is 12.0. The Morgan fingerprint density at radius 1 is 0.357 bits per heavy atom. The Bertz CT molecular complexity index is 3090. The van der Waals surface area contributed by atoms with Crippen LogP contribution < -0.4 is 0 Å². The van der Waals surface area contributed by atoms with E-state index in [1.54, 1.807) is 0 Å². The zero-order chi connectivity index (χ0) is 36.8. The van der Waals surface area contributed by atoms with Crippen molar-refractivity contribution in [3.05, 3.63) is 222 Å². The third kappa shape index (κ3) is 4.28. The highest BCUT2D eigenvalue weighted by Gasteiger charge is 2.50. The minimum atomic E-state index is -0.502. The second kappa shape index (κ2) is 11.8. The molecule has 2 aliphatic rings. The van der Waals surface area contributed by atoms with Crippen LogP contribution in [0.25, 0.3) is 83.6 Å². The first-order chi connectivity index (χ1) is 27.8. The fourth-order valence-electron chi connectivity index (χ4n) is 9.67. The van der Waals surface area contributed by atoms with Crippen molar-refractivity contribution in [2.24, 2.45) is 0 Å². The lowest BCUT2D eigenvalue weighted by Crippen LogP contribution is -2.33. The molecule has 10 aromatic rings. The van der Waals surface area contributed by atoms with E-state index in [2.05, 4.69) is 193 Å². The maximum Gasteiger partial charge on any atom is 0.160 e. The maximum absolute atomic E-state index is 5.17. The largest absolute Gasteiger partial charge is 0.309 e. The fourth-order valence-corrected chi connectivity index (χ4v) is 9.67. The first kappa shape index (κ1) is 31.0. The maximum atomic E-state index is 5.17. The molecular formula is C53H33N3. The highest BCUT2D eigenvalue weighted by Crippen LogP contribution is 2.61. The van der Waals surface area contributed by atoms with Crippen molar-refractivity contribution < 1.29 is 0 Å². The van der Waals surface area contributed by atoms with Crippen LogP contribution >= 0.6 is 0 Å². The zero-order valence-corrected chi connectivity index (χ0v) is 30.4. The Kier molecular flexibility index (Phi) is 6.55. The molecule has 1 aliphatic carbocycles. The molecule has 260 valence electrons. The molecule has 12 rings (SSSR count). The molecule has 0 unspecified atom stereocenters. The molecule has 1 aliphatic heterocycles. The van der Waals surface area contributed by atoms with Gasteiger partial charge in [0.05, 0.1) is 33.5 Å². The van der Waals surface area contributed by atoms with Crippen molar-refractivity contribution in [3.8, 4) is 61.8 Å². The van der Waals surface area contributed by atoms with Crippen LogP contribution in [0.15, 0.2) is 200 Å². The summed E-state index contributed by atoms with van der Waals surface area (Å²) < 4.78 is 2.51. The summed E-state index contributed by atoms with van der Waals surface area (Å²) in [6.45, 7) is 0. The van der Waals surface area contributed by atoms with E-state index < -0.39 is 5.41 Å². The van der Waals surface area contributed by atoms with Gasteiger partial charge in [0.25, 0.3) is 0 Å². The van der Waals surface area contributed by atoms with E-state index in [1.165, 1.54) is 60.9 Å². The van der Waals surface area contributed by atoms with Crippen LogP contribution in [-0.2, 0) is 5.41 Å².